The summed E-state index contributed by atoms with van der Waals surface area (Å²) in [7, 11) is -0.892. The minimum Gasteiger partial charge on any atom is -0.300 e. The van der Waals surface area contributed by atoms with Gasteiger partial charge in [-0.15, -0.1) is 0 Å². The smallest absolute Gasteiger partial charge is 0.129 e. The maximum Gasteiger partial charge on any atom is 0.129 e. The van der Waals surface area contributed by atoms with Crippen LogP contribution in [0.5, 0.6) is 0 Å². The van der Waals surface area contributed by atoms with Gasteiger partial charge in [0.25, 0.3) is 0 Å². The van der Waals surface area contributed by atoms with Gasteiger partial charge in [0, 0.05) is 33.7 Å². The van der Waals surface area contributed by atoms with Crippen molar-refractivity contribution in [1.82, 2.24) is 0 Å². The van der Waals surface area contributed by atoms with E-state index < -0.39 is 10.8 Å². The highest BCUT2D eigenvalue weighted by Gasteiger charge is 2.05. The molecule has 0 aromatic heterocycles. The minimum atomic E-state index is -0.892. The second-order valence-electron chi connectivity index (χ2n) is 4.04. The van der Waals surface area contributed by atoms with Gasteiger partial charge in [-0.1, -0.05) is 29.8 Å². The molecule has 2 nitrogen and oxygen atoms in total. The molecule has 1 atom stereocenters. The summed E-state index contributed by atoms with van der Waals surface area (Å²) in [5, 5.41) is 0.671. The highest BCUT2D eigenvalue weighted by Crippen LogP contribution is 2.17. The number of rotatable bonds is 7. The van der Waals surface area contributed by atoms with Gasteiger partial charge in [0.2, 0.25) is 0 Å². The van der Waals surface area contributed by atoms with Gasteiger partial charge < -0.3 is 4.79 Å². The molecule has 1 rings (SSSR count). The number of ketones is 1. The average Bonchev–Trinajstić information content (AvgIpc) is 2.27. The van der Waals surface area contributed by atoms with Crippen molar-refractivity contribution < 1.29 is 9.00 Å². The zero-order valence-corrected chi connectivity index (χ0v) is 11.5. The topological polar surface area (TPSA) is 34.1 Å². The molecule has 0 fully saturated rings. The van der Waals surface area contributed by atoms with Gasteiger partial charge in [0.05, 0.1) is 0 Å². The van der Waals surface area contributed by atoms with E-state index in [2.05, 4.69) is 0 Å². The molecule has 0 spiro atoms. The summed E-state index contributed by atoms with van der Waals surface area (Å²) in [6.07, 6.45) is 2.24. The third-order valence-electron chi connectivity index (χ3n) is 2.43. The Hall–Kier alpha value is -0.670. The molecular formula is C13H17ClO2S. The van der Waals surface area contributed by atoms with Gasteiger partial charge in [-0.2, -0.15) is 0 Å². The van der Waals surface area contributed by atoms with Crippen molar-refractivity contribution in [2.75, 3.05) is 5.75 Å². The fourth-order valence-corrected chi connectivity index (χ4v) is 3.05. The van der Waals surface area contributed by atoms with Crippen molar-refractivity contribution in [2.24, 2.45) is 0 Å². The molecular weight excluding hydrogens is 256 g/mol. The fourth-order valence-electron chi connectivity index (χ4n) is 1.50. The Kier molecular flexibility index (Phi) is 6.45. The van der Waals surface area contributed by atoms with Gasteiger partial charge in [-0.05, 0) is 31.4 Å². The minimum absolute atomic E-state index is 0.196. The highest BCUT2D eigenvalue weighted by atomic mass is 35.5. The van der Waals surface area contributed by atoms with Crippen molar-refractivity contribution in [1.29, 1.82) is 0 Å². The van der Waals surface area contributed by atoms with Crippen LogP contribution in [0.15, 0.2) is 24.3 Å². The summed E-state index contributed by atoms with van der Waals surface area (Å²) in [6.45, 7) is 1.58. The zero-order valence-electron chi connectivity index (χ0n) is 9.95. The Balaban J connectivity index is 2.30. The Labute approximate surface area is 110 Å². The fraction of sp³-hybridized carbons (Fsp3) is 0.462. The second-order valence-corrected chi connectivity index (χ2v) is 6.02. The van der Waals surface area contributed by atoms with E-state index >= 15 is 0 Å². The predicted octanol–water partition coefficient (Wildman–Crippen LogP) is 3.35. The average molecular weight is 273 g/mol. The number of hydrogen-bond acceptors (Lipinski definition) is 2. The van der Waals surface area contributed by atoms with Crippen LogP contribution in [0.2, 0.25) is 5.02 Å². The number of hydrogen-bond donors (Lipinski definition) is 0. The monoisotopic (exact) mass is 272 g/mol. The Morgan fingerprint density at radius 1 is 1.29 bits per heavy atom. The number of unbranched alkanes of at least 4 members (excludes halogenated alkanes) is 1. The molecule has 0 heterocycles. The molecule has 1 unspecified atom stereocenters. The van der Waals surface area contributed by atoms with Crippen LogP contribution in [0.4, 0.5) is 0 Å². The van der Waals surface area contributed by atoms with E-state index in [1.807, 2.05) is 24.3 Å². The maximum absolute atomic E-state index is 11.8. The van der Waals surface area contributed by atoms with Crippen LogP contribution < -0.4 is 0 Å². The SMILES string of the molecule is CC(=O)CCCCS(=O)Cc1ccccc1Cl. The molecule has 1 aromatic carbocycles. The quantitative estimate of drug-likeness (QED) is 0.714. The van der Waals surface area contributed by atoms with Gasteiger partial charge in [-0.25, -0.2) is 0 Å². The molecule has 0 radical (unpaired) electrons. The van der Waals surface area contributed by atoms with E-state index in [9.17, 15) is 9.00 Å². The van der Waals surface area contributed by atoms with E-state index in [1.54, 1.807) is 6.92 Å². The Morgan fingerprint density at radius 2 is 2.00 bits per heavy atom. The van der Waals surface area contributed by atoms with Crippen molar-refractivity contribution in [2.45, 2.75) is 31.9 Å². The number of carbonyl (C=O) groups is 1. The summed E-state index contributed by atoms with van der Waals surface area (Å²) in [6, 6.07) is 7.47. The van der Waals surface area contributed by atoms with E-state index in [-0.39, 0.29) is 5.78 Å². The molecule has 0 saturated carbocycles. The highest BCUT2D eigenvalue weighted by molar-refractivity contribution is 7.84. The van der Waals surface area contributed by atoms with Gasteiger partial charge in [0.1, 0.15) is 5.78 Å². The lowest BCUT2D eigenvalue weighted by Crippen LogP contribution is -2.02. The summed E-state index contributed by atoms with van der Waals surface area (Å²) in [5.41, 5.74) is 0.930. The van der Waals surface area contributed by atoms with Gasteiger partial charge in [0.15, 0.2) is 0 Å². The predicted molar refractivity (Wildman–Crippen MR) is 72.7 cm³/mol. The van der Waals surface area contributed by atoms with E-state index in [0.29, 0.717) is 22.9 Å². The lowest BCUT2D eigenvalue weighted by Gasteiger charge is -2.04. The lowest BCUT2D eigenvalue weighted by molar-refractivity contribution is -0.117. The van der Waals surface area contributed by atoms with Crippen LogP contribution >= 0.6 is 11.6 Å². The van der Waals surface area contributed by atoms with E-state index in [4.69, 9.17) is 11.6 Å². The van der Waals surface area contributed by atoms with Crippen molar-refractivity contribution in [3.8, 4) is 0 Å². The van der Waals surface area contributed by atoms with Gasteiger partial charge in [-0.3, -0.25) is 4.21 Å². The standard InChI is InChI=1S/C13H17ClO2S/c1-11(15)6-4-5-9-17(16)10-12-7-2-3-8-13(12)14/h2-3,7-8H,4-6,9-10H2,1H3. The van der Waals surface area contributed by atoms with Gasteiger partial charge >= 0.3 is 0 Å². The Bertz CT molecular complexity index is 404. The summed E-state index contributed by atoms with van der Waals surface area (Å²) in [4.78, 5) is 10.7. The number of benzene rings is 1. The summed E-state index contributed by atoms with van der Waals surface area (Å²) < 4.78 is 11.8. The van der Waals surface area contributed by atoms with Crippen LogP contribution in [0.25, 0.3) is 0 Å². The molecule has 0 aliphatic carbocycles. The van der Waals surface area contributed by atoms with Crippen LogP contribution in [0.3, 0.4) is 0 Å². The van der Waals surface area contributed by atoms with E-state index in [1.165, 1.54) is 0 Å². The molecule has 0 N–H and O–H groups in total. The molecule has 94 valence electrons. The molecule has 0 saturated heterocycles. The zero-order chi connectivity index (χ0) is 12.7. The second kappa shape index (κ2) is 7.62. The number of Topliss-reactive ketones (excluding diaryl/α,β-unsaturated/α-hetero) is 1. The number of halogens is 1. The Morgan fingerprint density at radius 3 is 2.65 bits per heavy atom. The van der Waals surface area contributed by atoms with Crippen LogP contribution in [0, 0.1) is 0 Å². The van der Waals surface area contributed by atoms with Crippen LogP contribution in [0.1, 0.15) is 31.7 Å². The van der Waals surface area contributed by atoms with Crippen LogP contribution in [-0.4, -0.2) is 15.7 Å². The molecule has 0 bridgehead atoms. The summed E-state index contributed by atoms with van der Waals surface area (Å²) >= 11 is 5.99. The van der Waals surface area contributed by atoms with Crippen molar-refractivity contribution in [3.05, 3.63) is 34.9 Å². The first-order valence-corrected chi connectivity index (χ1v) is 7.54. The molecule has 0 amide bonds. The molecule has 4 heteroatoms. The van der Waals surface area contributed by atoms with Crippen molar-refractivity contribution >= 4 is 28.2 Å². The maximum atomic E-state index is 11.8. The first-order valence-electron chi connectivity index (χ1n) is 5.67. The molecule has 17 heavy (non-hydrogen) atoms. The van der Waals surface area contributed by atoms with Crippen molar-refractivity contribution in [3.63, 3.8) is 0 Å². The third kappa shape index (κ3) is 5.99. The largest absolute Gasteiger partial charge is 0.300 e. The number of carbonyl (C=O) groups excluding carboxylic acids is 1. The van der Waals surface area contributed by atoms with Crippen LogP contribution in [-0.2, 0) is 21.3 Å². The summed E-state index contributed by atoms with van der Waals surface area (Å²) in [5.74, 6) is 1.33. The first kappa shape index (κ1) is 14.4. The first-order chi connectivity index (χ1) is 8.09. The third-order valence-corrected chi connectivity index (χ3v) is 4.17. The lowest BCUT2D eigenvalue weighted by atomic mass is 10.2. The molecule has 0 aliphatic rings. The normalized spacial score (nSPS) is 12.4. The molecule has 0 aliphatic heterocycles. The van der Waals surface area contributed by atoms with E-state index in [0.717, 1.165) is 18.4 Å². The molecule has 1 aromatic rings.